The molecule has 0 saturated heterocycles. The Morgan fingerprint density at radius 1 is 0.773 bits per heavy atom. The van der Waals surface area contributed by atoms with Gasteiger partial charge in [0.15, 0.2) is 0 Å². The van der Waals surface area contributed by atoms with Crippen molar-refractivity contribution in [3.63, 3.8) is 0 Å². The van der Waals surface area contributed by atoms with E-state index in [1.165, 1.54) is 0 Å². The number of benzene rings is 1. The second kappa shape index (κ2) is 5.39. The fourth-order valence-corrected chi connectivity index (χ4v) is 2.07. The Balaban J connectivity index is 3.50. The van der Waals surface area contributed by atoms with Gasteiger partial charge in [-0.25, -0.2) is 4.39 Å². The van der Waals surface area contributed by atoms with Crippen LogP contribution < -0.4 is 5.73 Å². The van der Waals surface area contributed by atoms with Crippen molar-refractivity contribution >= 4 is 17.4 Å². The van der Waals surface area contributed by atoms with E-state index >= 15 is 0 Å². The summed E-state index contributed by atoms with van der Waals surface area (Å²) < 4.78 is 125. The summed E-state index contributed by atoms with van der Waals surface area (Å²) in [6.07, 6.45) is -12.8. The summed E-state index contributed by atoms with van der Waals surface area (Å²) in [5, 5.41) is 0. The Hall–Kier alpha value is -1.33. The normalized spacial score (nSPS) is 14.3. The maximum atomic E-state index is 13.7. The van der Waals surface area contributed by atoms with Crippen LogP contribution in [0.4, 0.5) is 49.6 Å². The van der Waals surface area contributed by atoms with Crippen LogP contribution in [0, 0.1) is 0 Å². The van der Waals surface area contributed by atoms with Gasteiger partial charge in [-0.1, -0.05) is 6.07 Å². The molecule has 0 heterocycles. The molecular weight excluding hydrogens is 356 g/mol. The van der Waals surface area contributed by atoms with Crippen LogP contribution in [0.1, 0.15) is 5.56 Å². The van der Waals surface area contributed by atoms with Crippen LogP contribution in [0.25, 0.3) is 0 Å². The molecule has 0 atom stereocenters. The molecule has 0 bridgehead atoms. The first kappa shape index (κ1) is 18.7. The van der Waals surface area contributed by atoms with Crippen molar-refractivity contribution in [2.45, 2.75) is 28.4 Å². The molecule has 0 aromatic heterocycles. The number of hydrogen-bond acceptors (Lipinski definition) is 2. The van der Waals surface area contributed by atoms with Crippen LogP contribution >= 0.6 is 11.8 Å². The van der Waals surface area contributed by atoms with Crippen LogP contribution in [0.5, 0.6) is 0 Å². The Morgan fingerprint density at radius 3 is 1.59 bits per heavy atom. The molecule has 2 N–H and O–H groups in total. The van der Waals surface area contributed by atoms with Gasteiger partial charge in [-0.05, 0) is 23.9 Å². The van der Waals surface area contributed by atoms with Crippen LogP contribution in [-0.2, 0) is 5.67 Å². The van der Waals surface area contributed by atoms with Gasteiger partial charge in [0.25, 0.3) is 0 Å². The molecule has 126 valence electrons. The van der Waals surface area contributed by atoms with E-state index in [9.17, 15) is 43.9 Å². The van der Waals surface area contributed by atoms with Gasteiger partial charge < -0.3 is 5.73 Å². The van der Waals surface area contributed by atoms with E-state index in [1.807, 2.05) is 0 Å². The van der Waals surface area contributed by atoms with Gasteiger partial charge >= 0.3 is 23.5 Å². The molecule has 0 unspecified atom stereocenters. The van der Waals surface area contributed by atoms with Crippen LogP contribution in [0.3, 0.4) is 0 Å². The number of rotatable bonds is 2. The average Bonchev–Trinajstić information content (AvgIpc) is 2.26. The monoisotopic (exact) mass is 361 g/mol. The highest BCUT2D eigenvalue weighted by Gasteiger charge is 2.73. The van der Waals surface area contributed by atoms with Gasteiger partial charge in [-0.15, -0.1) is 0 Å². The molecule has 12 heteroatoms. The van der Waals surface area contributed by atoms with Crippen LogP contribution in [0.2, 0.25) is 0 Å². The van der Waals surface area contributed by atoms with Gasteiger partial charge in [-0.3, -0.25) is 0 Å². The molecule has 0 aliphatic heterocycles. The number of anilines is 1. The largest absolute Gasteiger partial charge is 0.446 e. The Kier molecular flexibility index (Phi) is 4.58. The van der Waals surface area contributed by atoms with E-state index in [-0.39, 0.29) is 12.1 Å². The van der Waals surface area contributed by atoms with Gasteiger partial charge in [-0.2, -0.15) is 39.5 Å². The van der Waals surface area contributed by atoms with Gasteiger partial charge in [0.05, 0.1) is 0 Å². The topological polar surface area (TPSA) is 26.0 Å². The number of hydrogen-bond donors (Lipinski definition) is 1. The minimum Gasteiger partial charge on any atom is -0.398 e. The van der Waals surface area contributed by atoms with Gasteiger partial charge in [0, 0.05) is 16.1 Å². The molecule has 0 aliphatic carbocycles. The molecular formula is C10H5F10NS. The zero-order valence-corrected chi connectivity index (χ0v) is 10.8. The second-order valence-corrected chi connectivity index (χ2v) is 5.06. The predicted octanol–water partition coefficient (Wildman–Crippen LogP) is 5.17. The van der Waals surface area contributed by atoms with E-state index in [0.717, 1.165) is 0 Å². The summed E-state index contributed by atoms with van der Waals surface area (Å²) in [6.45, 7) is 0. The van der Waals surface area contributed by atoms with Crippen molar-refractivity contribution in [1.29, 1.82) is 0 Å². The third-order valence-corrected chi connectivity index (χ3v) is 3.22. The van der Waals surface area contributed by atoms with Crippen molar-refractivity contribution in [2.75, 3.05) is 5.73 Å². The minimum atomic E-state index is -6.42. The molecule has 1 nitrogen and oxygen atoms in total. The number of alkyl halides is 10. The first-order valence-corrected chi connectivity index (χ1v) is 5.89. The lowest BCUT2D eigenvalue weighted by Crippen LogP contribution is -2.50. The van der Waals surface area contributed by atoms with E-state index in [0.29, 0.717) is 6.07 Å². The first-order chi connectivity index (χ1) is 9.59. The maximum Gasteiger partial charge on any atom is 0.446 e. The van der Waals surface area contributed by atoms with Gasteiger partial charge in [0.2, 0.25) is 0 Å². The van der Waals surface area contributed by atoms with Crippen molar-refractivity contribution in [3.8, 4) is 0 Å². The summed E-state index contributed by atoms with van der Waals surface area (Å²) in [6, 6.07) is 0.167. The lowest BCUT2D eigenvalue weighted by Gasteiger charge is -2.30. The Morgan fingerprint density at radius 2 is 1.23 bits per heavy atom. The maximum absolute atomic E-state index is 13.7. The van der Waals surface area contributed by atoms with Crippen molar-refractivity contribution in [2.24, 2.45) is 0 Å². The molecule has 22 heavy (non-hydrogen) atoms. The minimum absolute atomic E-state index is 0.0384. The molecule has 0 fully saturated rings. The standard InChI is InChI=1S/C10H5F10NS/c11-7(8(12,13)14,9(15,16)17)4-1-2-5(21)6(3-4)22-10(18,19)20/h1-3H,21H2. The SMILES string of the molecule is Nc1ccc(C(F)(C(F)(F)F)C(F)(F)F)cc1SC(F)(F)F. The smallest absolute Gasteiger partial charge is 0.398 e. The van der Waals surface area contributed by atoms with Crippen molar-refractivity contribution in [3.05, 3.63) is 23.8 Å². The summed E-state index contributed by atoms with van der Waals surface area (Å²) in [7, 11) is 0. The Labute approximate surface area is 120 Å². The fraction of sp³-hybridized carbons (Fsp3) is 0.400. The predicted molar refractivity (Wildman–Crippen MR) is 57.7 cm³/mol. The first-order valence-electron chi connectivity index (χ1n) is 5.07. The molecule has 1 aromatic carbocycles. The van der Waals surface area contributed by atoms with E-state index in [1.54, 1.807) is 0 Å². The number of thioether (sulfide) groups is 1. The van der Waals surface area contributed by atoms with Crippen molar-refractivity contribution in [1.82, 2.24) is 0 Å². The van der Waals surface area contributed by atoms with E-state index in [4.69, 9.17) is 5.73 Å². The van der Waals surface area contributed by atoms with Crippen molar-refractivity contribution < 1.29 is 43.9 Å². The number of halogens is 10. The molecule has 0 aliphatic rings. The quantitative estimate of drug-likeness (QED) is 0.447. The highest BCUT2D eigenvalue weighted by molar-refractivity contribution is 8.00. The Bertz CT molecular complexity index is 530. The third kappa shape index (κ3) is 3.52. The second-order valence-electron chi connectivity index (χ2n) is 3.95. The molecule has 0 radical (unpaired) electrons. The summed E-state index contributed by atoms with van der Waals surface area (Å²) in [5.74, 6) is 0. The summed E-state index contributed by atoms with van der Waals surface area (Å²) >= 11 is -1.05. The summed E-state index contributed by atoms with van der Waals surface area (Å²) in [5.41, 5.74) is -8.56. The molecule has 0 spiro atoms. The van der Waals surface area contributed by atoms with Crippen LogP contribution in [-0.4, -0.2) is 17.9 Å². The highest BCUT2D eigenvalue weighted by atomic mass is 32.2. The lowest BCUT2D eigenvalue weighted by atomic mass is 9.94. The number of nitrogen functional groups attached to an aromatic ring is 1. The average molecular weight is 361 g/mol. The zero-order valence-electron chi connectivity index (χ0n) is 10.00. The highest BCUT2D eigenvalue weighted by Crippen LogP contribution is 2.54. The molecule has 1 aromatic rings. The lowest BCUT2D eigenvalue weighted by molar-refractivity contribution is -0.348. The molecule has 1 rings (SSSR count). The van der Waals surface area contributed by atoms with Crippen LogP contribution in [0.15, 0.2) is 23.1 Å². The van der Waals surface area contributed by atoms with E-state index in [2.05, 4.69) is 0 Å². The number of nitrogens with two attached hydrogens (primary N) is 1. The van der Waals surface area contributed by atoms with E-state index < -0.39 is 51.4 Å². The third-order valence-electron chi connectivity index (χ3n) is 2.42. The van der Waals surface area contributed by atoms with Gasteiger partial charge in [0.1, 0.15) is 0 Å². The molecule has 0 amide bonds. The zero-order chi connectivity index (χ0) is 17.6. The fourth-order valence-electron chi connectivity index (χ4n) is 1.45. The summed E-state index contributed by atoms with van der Waals surface area (Å²) in [4.78, 5) is -1.17. The molecule has 0 saturated carbocycles.